The topological polar surface area (TPSA) is 46.5 Å². The summed E-state index contributed by atoms with van der Waals surface area (Å²) in [5.74, 6) is 0.311. The van der Waals surface area contributed by atoms with Crippen LogP contribution in [0.2, 0.25) is 0 Å². The van der Waals surface area contributed by atoms with Crippen molar-refractivity contribution in [1.82, 2.24) is 0 Å². The summed E-state index contributed by atoms with van der Waals surface area (Å²) in [5.41, 5.74) is 2.26. The predicted molar refractivity (Wildman–Crippen MR) is 82.2 cm³/mol. The fourth-order valence-corrected chi connectivity index (χ4v) is 2.47. The maximum absolute atomic E-state index is 11.4. The van der Waals surface area contributed by atoms with E-state index in [4.69, 9.17) is 4.74 Å². The van der Waals surface area contributed by atoms with Crippen LogP contribution >= 0.6 is 0 Å². The molecule has 21 heavy (non-hydrogen) atoms. The maximum atomic E-state index is 11.4. The maximum Gasteiger partial charge on any atom is 0.305 e. The first-order chi connectivity index (χ1) is 10.2. The van der Waals surface area contributed by atoms with E-state index in [2.05, 4.69) is 12.1 Å². The highest BCUT2D eigenvalue weighted by molar-refractivity contribution is 5.69. The van der Waals surface area contributed by atoms with Crippen molar-refractivity contribution < 1.29 is 14.6 Å². The van der Waals surface area contributed by atoms with Crippen molar-refractivity contribution in [2.45, 2.75) is 25.2 Å². The zero-order chi connectivity index (χ0) is 15.1. The first-order valence-electron chi connectivity index (χ1n) is 7.08. The molecule has 0 bridgehead atoms. The number of rotatable bonds is 6. The van der Waals surface area contributed by atoms with Gasteiger partial charge in [-0.05, 0) is 42.0 Å². The number of phenols is 1. The first-order valence-corrected chi connectivity index (χ1v) is 7.08. The largest absolute Gasteiger partial charge is 0.508 e. The van der Waals surface area contributed by atoms with Crippen LogP contribution in [0.15, 0.2) is 54.6 Å². The Bertz CT molecular complexity index is 578. The van der Waals surface area contributed by atoms with Crippen molar-refractivity contribution in [3.63, 3.8) is 0 Å². The van der Waals surface area contributed by atoms with Crippen molar-refractivity contribution in [3.8, 4) is 5.75 Å². The number of methoxy groups -OCH3 is 1. The number of carbonyl (C=O) groups excluding carboxylic acids is 1. The highest BCUT2D eigenvalue weighted by atomic mass is 16.5. The van der Waals surface area contributed by atoms with E-state index in [1.807, 2.05) is 30.3 Å². The first kappa shape index (κ1) is 15.1. The van der Waals surface area contributed by atoms with Gasteiger partial charge in [0.15, 0.2) is 0 Å². The average molecular weight is 284 g/mol. The Kier molecular flexibility index (Phi) is 5.38. The lowest BCUT2D eigenvalue weighted by Crippen LogP contribution is -2.08. The number of carbonyl (C=O) groups is 1. The molecule has 1 N–H and O–H groups in total. The van der Waals surface area contributed by atoms with E-state index in [1.165, 1.54) is 12.7 Å². The Morgan fingerprint density at radius 1 is 1.14 bits per heavy atom. The lowest BCUT2D eigenvalue weighted by atomic mass is 9.88. The fraction of sp³-hybridized carbons (Fsp3) is 0.278. The lowest BCUT2D eigenvalue weighted by Gasteiger charge is -2.17. The smallest absolute Gasteiger partial charge is 0.305 e. The van der Waals surface area contributed by atoms with Gasteiger partial charge < -0.3 is 9.84 Å². The third kappa shape index (κ3) is 4.63. The minimum Gasteiger partial charge on any atom is -0.508 e. The molecule has 0 heterocycles. The van der Waals surface area contributed by atoms with Crippen LogP contribution in [0.4, 0.5) is 0 Å². The molecule has 0 aliphatic carbocycles. The molecule has 0 aliphatic heterocycles. The summed E-state index contributed by atoms with van der Waals surface area (Å²) in [6.07, 6.45) is 1.91. The second kappa shape index (κ2) is 7.48. The SMILES string of the molecule is COC(=O)CC[C@@H](Cc1cccc(O)c1)c1ccccc1. The van der Waals surface area contributed by atoms with Crippen LogP contribution in [0.1, 0.15) is 29.9 Å². The van der Waals surface area contributed by atoms with Gasteiger partial charge in [0.05, 0.1) is 7.11 Å². The number of hydrogen-bond donors (Lipinski definition) is 1. The molecule has 0 aromatic heterocycles. The molecule has 2 rings (SSSR count). The summed E-state index contributed by atoms with van der Waals surface area (Å²) >= 11 is 0. The van der Waals surface area contributed by atoms with E-state index in [9.17, 15) is 9.90 Å². The summed E-state index contributed by atoms with van der Waals surface area (Å²) in [7, 11) is 1.41. The van der Waals surface area contributed by atoms with E-state index in [0.717, 1.165) is 18.4 Å². The molecule has 2 aromatic carbocycles. The third-order valence-corrected chi connectivity index (χ3v) is 3.59. The van der Waals surface area contributed by atoms with Crippen molar-refractivity contribution in [3.05, 3.63) is 65.7 Å². The molecule has 0 aliphatic rings. The van der Waals surface area contributed by atoms with Gasteiger partial charge in [0.1, 0.15) is 5.75 Å². The van der Waals surface area contributed by atoms with E-state index in [1.54, 1.807) is 12.1 Å². The van der Waals surface area contributed by atoms with Crippen LogP contribution in [-0.4, -0.2) is 18.2 Å². The molecule has 1 atom stereocenters. The number of esters is 1. The minimum absolute atomic E-state index is 0.188. The Hall–Kier alpha value is -2.29. The standard InChI is InChI=1S/C18H20O3/c1-21-18(20)11-10-16(15-7-3-2-4-8-15)12-14-6-5-9-17(19)13-14/h2-9,13,16,19H,10-12H2,1H3/t16-/m0/s1. The number of aromatic hydroxyl groups is 1. The molecule has 110 valence electrons. The van der Waals surface area contributed by atoms with Gasteiger partial charge in [-0.3, -0.25) is 4.79 Å². The molecule has 0 radical (unpaired) electrons. The number of phenolic OH excluding ortho intramolecular Hbond substituents is 1. The zero-order valence-corrected chi connectivity index (χ0v) is 12.2. The van der Waals surface area contributed by atoms with Gasteiger partial charge in [-0.2, -0.15) is 0 Å². The van der Waals surface area contributed by atoms with Crippen LogP contribution in [0.5, 0.6) is 5.75 Å². The Morgan fingerprint density at radius 2 is 1.90 bits per heavy atom. The highest BCUT2D eigenvalue weighted by Gasteiger charge is 2.15. The van der Waals surface area contributed by atoms with Gasteiger partial charge in [-0.15, -0.1) is 0 Å². The van der Waals surface area contributed by atoms with Gasteiger partial charge in [-0.25, -0.2) is 0 Å². The van der Waals surface area contributed by atoms with Crippen LogP contribution in [0, 0.1) is 0 Å². The molecular weight excluding hydrogens is 264 g/mol. The summed E-state index contributed by atoms with van der Waals surface area (Å²) < 4.78 is 4.73. The molecule has 0 spiro atoms. The molecule has 2 aromatic rings. The highest BCUT2D eigenvalue weighted by Crippen LogP contribution is 2.27. The fourth-order valence-electron chi connectivity index (χ4n) is 2.47. The molecule has 0 fully saturated rings. The van der Waals surface area contributed by atoms with Crippen LogP contribution in [0.3, 0.4) is 0 Å². The molecule has 0 unspecified atom stereocenters. The van der Waals surface area contributed by atoms with Gasteiger partial charge >= 0.3 is 5.97 Å². The van der Waals surface area contributed by atoms with Crippen LogP contribution in [-0.2, 0) is 16.0 Å². The molecule has 0 saturated heterocycles. The molecule has 3 nitrogen and oxygen atoms in total. The van der Waals surface area contributed by atoms with Gasteiger partial charge in [-0.1, -0.05) is 42.5 Å². The Balaban J connectivity index is 2.13. The predicted octanol–water partition coefficient (Wildman–Crippen LogP) is 3.67. The zero-order valence-electron chi connectivity index (χ0n) is 12.2. The van der Waals surface area contributed by atoms with Crippen LogP contribution in [0.25, 0.3) is 0 Å². The Labute approximate surface area is 125 Å². The Morgan fingerprint density at radius 3 is 2.57 bits per heavy atom. The monoisotopic (exact) mass is 284 g/mol. The summed E-state index contributed by atoms with van der Waals surface area (Å²) in [6.45, 7) is 0. The lowest BCUT2D eigenvalue weighted by molar-refractivity contribution is -0.140. The quantitative estimate of drug-likeness (QED) is 0.823. The van der Waals surface area contributed by atoms with Crippen molar-refractivity contribution in [1.29, 1.82) is 0 Å². The van der Waals surface area contributed by atoms with E-state index < -0.39 is 0 Å². The van der Waals surface area contributed by atoms with Crippen LogP contribution < -0.4 is 0 Å². The van der Waals surface area contributed by atoms with Gasteiger partial charge in [0.25, 0.3) is 0 Å². The number of hydrogen-bond acceptors (Lipinski definition) is 3. The van der Waals surface area contributed by atoms with Gasteiger partial charge in [0.2, 0.25) is 0 Å². The van der Waals surface area contributed by atoms with Gasteiger partial charge in [0, 0.05) is 6.42 Å². The summed E-state index contributed by atoms with van der Waals surface area (Å²) in [6, 6.07) is 17.4. The average Bonchev–Trinajstić information content (AvgIpc) is 2.52. The molecule has 0 amide bonds. The molecule has 0 saturated carbocycles. The minimum atomic E-state index is -0.188. The number of benzene rings is 2. The normalized spacial score (nSPS) is 11.9. The molecule has 3 heteroatoms. The summed E-state index contributed by atoms with van der Waals surface area (Å²) in [5, 5.41) is 9.58. The van der Waals surface area contributed by atoms with E-state index >= 15 is 0 Å². The second-order valence-electron chi connectivity index (χ2n) is 5.10. The second-order valence-corrected chi connectivity index (χ2v) is 5.10. The van der Waals surface area contributed by atoms with Crippen molar-refractivity contribution >= 4 is 5.97 Å². The van der Waals surface area contributed by atoms with Crippen molar-refractivity contribution in [2.75, 3.05) is 7.11 Å². The number of ether oxygens (including phenoxy) is 1. The molecular formula is C18H20O3. The summed E-state index contributed by atoms with van der Waals surface area (Å²) in [4.78, 5) is 11.4. The third-order valence-electron chi connectivity index (χ3n) is 3.59. The van der Waals surface area contributed by atoms with Crippen molar-refractivity contribution in [2.24, 2.45) is 0 Å². The van der Waals surface area contributed by atoms with E-state index in [0.29, 0.717) is 6.42 Å². The van der Waals surface area contributed by atoms with E-state index in [-0.39, 0.29) is 17.6 Å².